The monoisotopic (exact) mass is 241 g/mol. The number of hydrogen-bond acceptors (Lipinski definition) is 3. The fraction of sp³-hybridized carbons (Fsp3) is 0.200. The van der Waals surface area contributed by atoms with Crippen LogP contribution >= 0.6 is 0 Å². The molecule has 2 aromatic carbocycles. The summed E-state index contributed by atoms with van der Waals surface area (Å²) in [4.78, 5) is 0. The van der Waals surface area contributed by atoms with Gasteiger partial charge < -0.3 is 14.8 Å². The van der Waals surface area contributed by atoms with Crippen molar-refractivity contribution in [3.05, 3.63) is 54.6 Å². The number of benzene rings is 2. The van der Waals surface area contributed by atoms with Gasteiger partial charge in [0.2, 0.25) is 0 Å². The fourth-order valence-corrected chi connectivity index (χ4v) is 1.68. The van der Waals surface area contributed by atoms with Gasteiger partial charge in [0.25, 0.3) is 0 Å². The Kier molecular flexibility index (Phi) is 3.15. The molecule has 2 aromatic rings. The molecule has 1 saturated heterocycles. The van der Waals surface area contributed by atoms with Crippen molar-refractivity contribution in [1.29, 1.82) is 0 Å². The van der Waals surface area contributed by atoms with Crippen LogP contribution in [-0.2, 0) is 4.74 Å². The Labute approximate surface area is 106 Å². The normalized spacial score (nSPS) is 17.2. The lowest BCUT2D eigenvalue weighted by molar-refractivity contribution is 0.416. The van der Waals surface area contributed by atoms with Gasteiger partial charge >= 0.3 is 0 Å². The van der Waals surface area contributed by atoms with Gasteiger partial charge in [0.05, 0.1) is 12.7 Å². The van der Waals surface area contributed by atoms with Gasteiger partial charge in [-0.3, -0.25) is 0 Å². The van der Waals surface area contributed by atoms with Gasteiger partial charge in [0.1, 0.15) is 11.5 Å². The van der Waals surface area contributed by atoms with E-state index in [9.17, 15) is 0 Å². The highest BCUT2D eigenvalue weighted by atomic mass is 16.6. The Morgan fingerprint density at radius 1 is 1.00 bits per heavy atom. The molecule has 3 rings (SSSR count). The molecule has 0 bridgehead atoms. The zero-order valence-electron chi connectivity index (χ0n) is 10.0. The van der Waals surface area contributed by atoms with Crippen LogP contribution in [-0.4, -0.2) is 19.3 Å². The summed E-state index contributed by atoms with van der Waals surface area (Å²) in [5.41, 5.74) is 1.09. The number of para-hydroxylation sites is 1. The lowest BCUT2D eigenvalue weighted by Gasteiger charge is -2.07. The van der Waals surface area contributed by atoms with E-state index in [2.05, 4.69) is 5.32 Å². The van der Waals surface area contributed by atoms with Gasteiger partial charge in [-0.15, -0.1) is 0 Å². The molecule has 0 amide bonds. The Morgan fingerprint density at radius 3 is 2.33 bits per heavy atom. The third-order valence-corrected chi connectivity index (χ3v) is 2.77. The number of epoxide rings is 1. The van der Waals surface area contributed by atoms with Crippen molar-refractivity contribution in [3.63, 3.8) is 0 Å². The molecule has 3 heteroatoms. The summed E-state index contributed by atoms with van der Waals surface area (Å²) in [6.45, 7) is 1.75. The molecule has 1 heterocycles. The van der Waals surface area contributed by atoms with E-state index in [-0.39, 0.29) is 0 Å². The lowest BCUT2D eigenvalue weighted by atomic mass is 10.3. The Balaban J connectivity index is 1.59. The molecule has 0 saturated carbocycles. The van der Waals surface area contributed by atoms with Crippen molar-refractivity contribution in [2.24, 2.45) is 0 Å². The van der Waals surface area contributed by atoms with Crippen LogP contribution in [0.5, 0.6) is 11.5 Å². The molecule has 1 aliphatic heterocycles. The summed E-state index contributed by atoms with van der Waals surface area (Å²) in [5.74, 6) is 1.69. The Bertz CT molecular complexity index is 492. The second-order valence-corrected chi connectivity index (χ2v) is 4.28. The van der Waals surface area contributed by atoms with E-state index in [1.54, 1.807) is 0 Å². The minimum absolute atomic E-state index is 0.394. The van der Waals surface area contributed by atoms with Crippen molar-refractivity contribution < 1.29 is 9.47 Å². The predicted octanol–water partition coefficient (Wildman–Crippen LogP) is 3.29. The van der Waals surface area contributed by atoms with Gasteiger partial charge in [0, 0.05) is 12.2 Å². The number of ether oxygens (including phenoxy) is 2. The average molecular weight is 241 g/mol. The largest absolute Gasteiger partial charge is 0.457 e. The van der Waals surface area contributed by atoms with Gasteiger partial charge in [0.15, 0.2) is 0 Å². The van der Waals surface area contributed by atoms with E-state index in [4.69, 9.17) is 9.47 Å². The highest BCUT2D eigenvalue weighted by Gasteiger charge is 2.21. The van der Waals surface area contributed by atoms with E-state index < -0.39 is 0 Å². The van der Waals surface area contributed by atoms with E-state index in [0.717, 1.165) is 30.3 Å². The second kappa shape index (κ2) is 5.10. The minimum atomic E-state index is 0.394. The SMILES string of the molecule is c1ccc(Oc2ccc(NCC3CO3)cc2)cc1. The van der Waals surface area contributed by atoms with E-state index in [1.807, 2.05) is 54.6 Å². The van der Waals surface area contributed by atoms with Crippen molar-refractivity contribution in [2.45, 2.75) is 6.10 Å². The Morgan fingerprint density at radius 2 is 1.67 bits per heavy atom. The Hall–Kier alpha value is -2.00. The molecule has 1 N–H and O–H groups in total. The van der Waals surface area contributed by atoms with Gasteiger partial charge in [-0.2, -0.15) is 0 Å². The fourth-order valence-electron chi connectivity index (χ4n) is 1.68. The molecular formula is C15H15NO2. The summed E-state index contributed by atoms with van der Waals surface area (Å²) < 4.78 is 10.9. The highest BCUT2D eigenvalue weighted by Crippen LogP contribution is 2.22. The number of nitrogens with one attached hydrogen (secondary N) is 1. The van der Waals surface area contributed by atoms with Gasteiger partial charge in [-0.05, 0) is 36.4 Å². The van der Waals surface area contributed by atoms with Crippen LogP contribution < -0.4 is 10.1 Å². The van der Waals surface area contributed by atoms with Crippen molar-refractivity contribution >= 4 is 5.69 Å². The molecule has 1 fully saturated rings. The maximum absolute atomic E-state index is 5.72. The van der Waals surface area contributed by atoms with Crippen molar-refractivity contribution in [2.75, 3.05) is 18.5 Å². The van der Waals surface area contributed by atoms with E-state index in [0.29, 0.717) is 6.10 Å². The minimum Gasteiger partial charge on any atom is -0.457 e. The first-order valence-corrected chi connectivity index (χ1v) is 6.08. The van der Waals surface area contributed by atoms with Crippen LogP contribution in [0.25, 0.3) is 0 Å². The molecule has 1 aliphatic rings. The molecule has 0 aromatic heterocycles. The second-order valence-electron chi connectivity index (χ2n) is 4.28. The quantitative estimate of drug-likeness (QED) is 0.815. The first kappa shape index (κ1) is 11.1. The van der Waals surface area contributed by atoms with E-state index in [1.165, 1.54) is 0 Å². The summed E-state index contributed by atoms with van der Waals surface area (Å²) in [6, 6.07) is 17.7. The third kappa shape index (κ3) is 3.02. The third-order valence-electron chi connectivity index (χ3n) is 2.77. The van der Waals surface area contributed by atoms with Crippen LogP contribution in [0, 0.1) is 0 Å². The molecule has 92 valence electrons. The molecule has 1 atom stereocenters. The van der Waals surface area contributed by atoms with Crippen LogP contribution in [0.2, 0.25) is 0 Å². The number of anilines is 1. The summed E-state index contributed by atoms with van der Waals surface area (Å²) in [5, 5.41) is 3.32. The average Bonchev–Trinajstić information content (AvgIpc) is 3.23. The van der Waals surface area contributed by atoms with Crippen LogP contribution in [0.1, 0.15) is 0 Å². The summed E-state index contributed by atoms with van der Waals surface area (Å²) in [6.07, 6.45) is 0.394. The van der Waals surface area contributed by atoms with Crippen molar-refractivity contribution in [3.8, 4) is 11.5 Å². The molecule has 0 spiro atoms. The molecule has 18 heavy (non-hydrogen) atoms. The lowest BCUT2D eigenvalue weighted by Crippen LogP contribution is -2.07. The standard InChI is InChI=1S/C15H15NO2/c1-2-4-13(5-3-1)18-14-8-6-12(7-9-14)16-10-15-11-17-15/h1-9,15-16H,10-11H2. The number of hydrogen-bond donors (Lipinski definition) is 1. The summed E-state index contributed by atoms with van der Waals surface area (Å²) >= 11 is 0. The van der Waals surface area contributed by atoms with Crippen molar-refractivity contribution in [1.82, 2.24) is 0 Å². The van der Waals surface area contributed by atoms with E-state index >= 15 is 0 Å². The zero-order chi connectivity index (χ0) is 12.2. The van der Waals surface area contributed by atoms with Gasteiger partial charge in [-0.1, -0.05) is 18.2 Å². The van der Waals surface area contributed by atoms with Crippen LogP contribution in [0.3, 0.4) is 0 Å². The topological polar surface area (TPSA) is 33.8 Å². The van der Waals surface area contributed by atoms with Gasteiger partial charge in [-0.25, -0.2) is 0 Å². The smallest absolute Gasteiger partial charge is 0.127 e. The molecule has 1 unspecified atom stereocenters. The predicted molar refractivity (Wildman–Crippen MR) is 71.2 cm³/mol. The maximum Gasteiger partial charge on any atom is 0.127 e. The van der Waals surface area contributed by atoms with Crippen LogP contribution in [0.15, 0.2) is 54.6 Å². The first-order chi connectivity index (χ1) is 8.90. The molecule has 3 nitrogen and oxygen atoms in total. The number of rotatable bonds is 5. The molecule has 0 radical (unpaired) electrons. The zero-order valence-corrected chi connectivity index (χ0v) is 10.0. The first-order valence-electron chi connectivity index (χ1n) is 6.08. The molecular weight excluding hydrogens is 226 g/mol. The maximum atomic E-state index is 5.72. The summed E-state index contributed by atoms with van der Waals surface area (Å²) in [7, 11) is 0. The molecule has 0 aliphatic carbocycles. The van der Waals surface area contributed by atoms with Crippen LogP contribution in [0.4, 0.5) is 5.69 Å². The highest BCUT2D eigenvalue weighted by molar-refractivity contribution is 5.47.